The van der Waals surface area contributed by atoms with Gasteiger partial charge in [0.15, 0.2) is 0 Å². The van der Waals surface area contributed by atoms with Gasteiger partial charge in [0.25, 0.3) is 0 Å². The van der Waals surface area contributed by atoms with E-state index in [0.29, 0.717) is 5.69 Å². The second kappa shape index (κ2) is 6.19. The van der Waals surface area contributed by atoms with Crippen LogP contribution in [-0.2, 0) is 13.9 Å². The van der Waals surface area contributed by atoms with Crippen molar-refractivity contribution in [1.29, 1.82) is 0 Å². The van der Waals surface area contributed by atoms with E-state index in [0.717, 1.165) is 0 Å². The molecule has 19 heavy (non-hydrogen) atoms. The molecule has 8 nitrogen and oxygen atoms in total. The molecule has 1 rings (SSSR count). The Morgan fingerprint density at radius 2 is 1.53 bits per heavy atom. The summed E-state index contributed by atoms with van der Waals surface area (Å²) < 4.78 is 24.4. The molecule has 0 aliphatic rings. The van der Waals surface area contributed by atoms with E-state index >= 15 is 0 Å². The fraction of sp³-hybridized carbons (Fsp3) is 0.125. The van der Waals surface area contributed by atoms with Crippen LogP contribution < -0.4 is 4.72 Å². The van der Waals surface area contributed by atoms with Crippen molar-refractivity contribution in [3.63, 3.8) is 0 Å². The standard InChI is InChI=1S/C8H11NO7P2S/c10-7(8(17(11,12)13)18(14,15)16)19-9-6-4-2-1-3-5-6/h1-5,8-9H,(H2,11,12,13)(H2,14,15,16). The zero-order chi connectivity index (χ0) is 14.7. The van der Waals surface area contributed by atoms with Gasteiger partial charge in [0, 0.05) is 17.6 Å². The summed E-state index contributed by atoms with van der Waals surface area (Å²) in [6.45, 7) is 0. The Morgan fingerprint density at radius 3 is 1.95 bits per heavy atom. The summed E-state index contributed by atoms with van der Waals surface area (Å²) in [5, 5.41) is -3.99. The van der Waals surface area contributed by atoms with Crippen molar-refractivity contribution < 1.29 is 33.5 Å². The van der Waals surface area contributed by atoms with Crippen molar-refractivity contribution in [3.8, 4) is 0 Å². The first kappa shape index (κ1) is 16.4. The normalized spacial score (nSPS) is 12.5. The summed E-state index contributed by atoms with van der Waals surface area (Å²) in [4.78, 5) is 46.9. The van der Waals surface area contributed by atoms with Crippen LogP contribution in [-0.4, -0.2) is 30.1 Å². The summed E-state index contributed by atoms with van der Waals surface area (Å²) in [6.07, 6.45) is 0. The monoisotopic (exact) mass is 327 g/mol. The molecule has 0 fully saturated rings. The highest BCUT2D eigenvalue weighted by Crippen LogP contribution is 2.61. The third-order valence-corrected chi connectivity index (χ3v) is 6.56. The maximum Gasteiger partial charge on any atom is 0.349 e. The van der Waals surface area contributed by atoms with E-state index in [1.807, 2.05) is 0 Å². The van der Waals surface area contributed by atoms with Gasteiger partial charge < -0.3 is 24.3 Å². The number of carbonyl (C=O) groups is 1. The Balaban J connectivity index is 2.80. The second-order valence-electron chi connectivity index (χ2n) is 3.44. The van der Waals surface area contributed by atoms with E-state index in [1.54, 1.807) is 30.3 Å². The highest BCUT2D eigenvalue weighted by atomic mass is 32.2. The minimum absolute atomic E-state index is 0.218. The molecule has 0 saturated carbocycles. The van der Waals surface area contributed by atoms with Crippen LogP contribution in [0.1, 0.15) is 0 Å². The Morgan fingerprint density at radius 1 is 1.05 bits per heavy atom. The quantitative estimate of drug-likeness (QED) is 0.394. The summed E-state index contributed by atoms with van der Waals surface area (Å²) in [5.41, 5.74) is 0.455. The zero-order valence-electron chi connectivity index (χ0n) is 9.28. The summed E-state index contributed by atoms with van der Waals surface area (Å²) in [7, 11) is -10.5. The van der Waals surface area contributed by atoms with Crippen molar-refractivity contribution >= 4 is 37.9 Å². The fourth-order valence-electron chi connectivity index (χ4n) is 1.14. The van der Waals surface area contributed by atoms with Crippen molar-refractivity contribution in [2.45, 2.75) is 5.40 Å². The molecule has 11 heteroatoms. The Labute approximate surface area is 112 Å². The number of nitrogens with one attached hydrogen (secondary N) is 1. The molecule has 1 aromatic carbocycles. The lowest BCUT2D eigenvalue weighted by Crippen LogP contribution is -2.19. The lowest BCUT2D eigenvalue weighted by atomic mass is 10.3. The van der Waals surface area contributed by atoms with Gasteiger partial charge in [-0.25, -0.2) is 0 Å². The molecular weight excluding hydrogens is 316 g/mol. The molecule has 0 aliphatic carbocycles. The van der Waals surface area contributed by atoms with Crippen molar-refractivity contribution in [2.24, 2.45) is 0 Å². The molecule has 5 N–H and O–H groups in total. The van der Waals surface area contributed by atoms with Crippen molar-refractivity contribution in [1.82, 2.24) is 0 Å². The van der Waals surface area contributed by atoms with Crippen LogP contribution in [0.2, 0.25) is 0 Å². The number of hydrogen-bond acceptors (Lipinski definition) is 5. The maximum absolute atomic E-state index is 11.5. The topological polar surface area (TPSA) is 144 Å². The third kappa shape index (κ3) is 5.08. The third-order valence-electron chi connectivity index (χ3n) is 1.89. The van der Waals surface area contributed by atoms with Crippen LogP contribution in [0, 0.1) is 0 Å². The first-order chi connectivity index (χ1) is 8.62. The minimum Gasteiger partial charge on any atom is -0.323 e. The van der Waals surface area contributed by atoms with Gasteiger partial charge in [0.1, 0.15) is 0 Å². The Kier molecular flexibility index (Phi) is 5.34. The van der Waals surface area contributed by atoms with E-state index < -0.39 is 25.7 Å². The number of rotatable bonds is 5. The molecule has 0 heterocycles. The fourth-order valence-corrected chi connectivity index (χ4v) is 4.86. The highest BCUT2D eigenvalue weighted by Gasteiger charge is 2.49. The zero-order valence-corrected chi connectivity index (χ0v) is 11.9. The molecule has 0 aromatic heterocycles. The van der Waals surface area contributed by atoms with Crippen molar-refractivity contribution in [2.75, 3.05) is 4.72 Å². The molecule has 0 saturated heterocycles. The molecule has 0 unspecified atom stereocenters. The average molecular weight is 327 g/mol. The van der Waals surface area contributed by atoms with Gasteiger partial charge in [-0.05, 0) is 12.1 Å². The van der Waals surface area contributed by atoms with E-state index in [4.69, 9.17) is 19.6 Å². The number of para-hydroxylation sites is 1. The van der Waals surface area contributed by atoms with Crippen LogP contribution in [0.5, 0.6) is 0 Å². The van der Waals surface area contributed by atoms with Crippen LogP contribution in [0.25, 0.3) is 0 Å². The predicted octanol–water partition coefficient (Wildman–Crippen LogP) is 0.955. The molecule has 0 atom stereocenters. The molecular formula is C8H11NO7P2S. The van der Waals surface area contributed by atoms with E-state index in [9.17, 15) is 13.9 Å². The molecule has 0 amide bonds. The summed E-state index contributed by atoms with van der Waals surface area (Å²) >= 11 is 0.218. The van der Waals surface area contributed by atoms with Gasteiger partial charge in [-0.2, -0.15) is 0 Å². The number of hydrogen-bond donors (Lipinski definition) is 5. The summed E-state index contributed by atoms with van der Waals surface area (Å²) in [5.74, 6) is 0. The van der Waals surface area contributed by atoms with Gasteiger partial charge in [-0.1, -0.05) is 18.2 Å². The Hall–Kier alpha value is -0.660. The van der Waals surface area contributed by atoms with Gasteiger partial charge in [-0.3, -0.25) is 13.9 Å². The van der Waals surface area contributed by atoms with Crippen LogP contribution >= 0.6 is 27.1 Å². The second-order valence-corrected chi connectivity index (χ2v) is 8.05. The molecule has 0 spiro atoms. The maximum atomic E-state index is 11.5. The first-order valence-electron chi connectivity index (χ1n) is 4.74. The van der Waals surface area contributed by atoms with E-state index in [2.05, 4.69) is 4.72 Å². The van der Waals surface area contributed by atoms with Gasteiger partial charge >= 0.3 is 15.2 Å². The molecule has 0 radical (unpaired) electrons. The van der Waals surface area contributed by atoms with Gasteiger partial charge in [0.05, 0.1) is 0 Å². The van der Waals surface area contributed by atoms with E-state index in [1.165, 1.54) is 0 Å². The first-order valence-corrected chi connectivity index (χ1v) is 8.92. The molecule has 106 valence electrons. The van der Waals surface area contributed by atoms with Gasteiger partial charge in [0.2, 0.25) is 10.5 Å². The highest BCUT2D eigenvalue weighted by molar-refractivity contribution is 8.16. The smallest absolute Gasteiger partial charge is 0.323 e. The van der Waals surface area contributed by atoms with Crippen LogP contribution in [0.4, 0.5) is 5.69 Å². The van der Waals surface area contributed by atoms with Crippen LogP contribution in [0.15, 0.2) is 30.3 Å². The largest absolute Gasteiger partial charge is 0.349 e. The lowest BCUT2D eigenvalue weighted by molar-refractivity contribution is -0.109. The summed E-state index contributed by atoms with van der Waals surface area (Å²) in [6, 6.07) is 8.16. The van der Waals surface area contributed by atoms with Gasteiger partial charge in [-0.15, -0.1) is 0 Å². The van der Waals surface area contributed by atoms with E-state index in [-0.39, 0.29) is 11.9 Å². The Bertz CT molecular complexity index is 517. The molecule has 0 bridgehead atoms. The predicted molar refractivity (Wildman–Crippen MR) is 70.5 cm³/mol. The number of anilines is 1. The van der Waals surface area contributed by atoms with Crippen molar-refractivity contribution in [3.05, 3.63) is 30.3 Å². The number of benzene rings is 1. The lowest BCUT2D eigenvalue weighted by Gasteiger charge is -2.17. The average Bonchev–Trinajstić information content (AvgIpc) is 2.24. The molecule has 0 aliphatic heterocycles. The SMILES string of the molecule is O=C(SNc1ccccc1)C(P(=O)(O)O)P(=O)(O)O. The van der Waals surface area contributed by atoms with Crippen LogP contribution in [0.3, 0.4) is 0 Å². The molecule has 1 aromatic rings. The minimum atomic E-state index is -5.25. The number of carbonyl (C=O) groups excluding carboxylic acids is 1.